The van der Waals surface area contributed by atoms with Gasteiger partial charge in [0.2, 0.25) is 0 Å². The lowest BCUT2D eigenvalue weighted by molar-refractivity contribution is 0.811. The Hall–Kier alpha value is -0.910. The highest BCUT2D eigenvalue weighted by Gasteiger charge is 2.29. The molecule has 102 valence electrons. The van der Waals surface area contributed by atoms with Gasteiger partial charge in [0, 0.05) is 30.9 Å². The number of aromatic nitrogens is 1. The zero-order valence-electron chi connectivity index (χ0n) is 11.3. The summed E-state index contributed by atoms with van der Waals surface area (Å²) in [4.78, 5) is 8.55. The van der Waals surface area contributed by atoms with Crippen molar-refractivity contribution < 1.29 is 0 Å². The number of hydrogen-bond donors (Lipinski definition) is 1. The van der Waals surface area contributed by atoms with E-state index in [4.69, 9.17) is 4.98 Å². The van der Waals surface area contributed by atoms with Crippen LogP contribution < -0.4 is 10.2 Å². The Kier molecular flexibility index (Phi) is 3.86. The lowest BCUT2D eigenvalue weighted by Gasteiger charge is -2.14. The molecule has 1 aliphatic carbocycles. The molecule has 1 aliphatic rings. The summed E-state index contributed by atoms with van der Waals surface area (Å²) in [6, 6.07) is 2.19. The Morgan fingerprint density at radius 2 is 2.32 bits per heavy atom. The van der Waals surface area contributed by atoms with Crippen molar-refractivity contribution in [3.63, 3.8) is 0 Å². The molecule has 2 aromatic heterocycles. The van der Waals surface area contributed by atoms with Crippen LogP contribution in [0.5, 0.6) is 0 Å². The average molecular weight is 293 g/mol. The molecule has 0 bridgehead atoms. The molecular formula is C14H19N3S2. The second-order valence-electron chi connectivity index (χ2n) is 5.10. The van der Waals surface area contributed by atoms with E-state index in [0.29, 0.717) is 0 Å². The van der Waals surface area contributed by atoms with Crippen molar-refractivity contribution in [3.05, 3.63) is 33.0 Å². The Morgan fingerprint density at radius 3 is 2.95 bits per heavy atom. The van der Waals surface area contributed by atoms with Gasteiger partial charge in [-0.15, -0.1) is 11.3 Å². The predicted octanol–water partition coefficient (Wildman–Crippen LogP) is 3.44. The minimum Gasteiger partial charge on any atom is -0.347 e. The molecule has 0 amide bonds. The second-order valence-corrected chi connectivity index (χ2v) is 6.94. The molecule has 1 saturated carbocycles. The van der Waals surface area contributed by atoms with Crippen molar-refractivity contribution in [2.75, 3.05) is 19.0 Å². The van der Waals surface area contributed by atoms with Crippen LogP contribution in [0.15, 0.2) is 16.8 Å². The molecule has 5 heteroatoms. The molecule has 1 fully saturated rings. The third kappa shape index (κ3) is 2.99. The van der Waals surface area contributed by atoms with Crippen molar-refractivity contribution in [1.29, 1.82) is 0 Å². The van der Waals surface area contributed by atoms with Gasteiger partial charge in [0.25, 0.3) is 0 Å². The van der Waals surface area contributed by atoms with Gasteiger partial charge in [-0.2, -0.15) is 11.3 Å². The smallest absolute Gasteiger partial charge is 0.185 e. The normalized spacial score (nSPS) is 14.8. The van der Waals surface area contributed by atoms with Gasteiger partial charge in [-0.1, -0.05) is 0 Å². The van der Waals surface area contributed by atoms with Crippen LogP contribution in [0, 0.1) is 0 Å². The highest BCUT2D eigenvalue weighted by molar-refractivity contribution is 7.15. The van der Waals surface area contributed by atoms with E-state index in [1.807, 2.05) is 18.4 Å². The molecule has 0 unspecified atom stereocenters. The van der Waals surface area contributed by atoms with Crippen molar-refractivity contribution in [1.82, 2.24) is 10.3 Å². The Morgan fingerprint density at radius 1 is 1.47 bits per heavy atom. The zero-order chi connectivity index (χ0) is 13.2. The largest absolute Gasteiger partial charge is 0.347 e. The summed E-state index contributed by atoms with van der Waals surface area (Å²) in [5.74, 6) is 0.725. The second kappa shape index (κ2) is 5.61. The van der Waals surface area contributed by atoms with E-state index in [0.717, 1.165) is 24.1 Å². The molecule has 0 atom stereocenters. The standard InChI is InChI=1S/C14H19N3S2/c1-15-7-12-13(11-3-4-11)16-14(19-12)17(2)8-10-5-6-18-9-10/h5-6,9,11,15H,3-4,7-8H2,1-2H3. The van der Waals surface area contributed by atoms with E-state index < -0.39 is 0 Å². The number of thiophene rings is 1. The molecular weight excluding hydrogens is 274 g/mol. The third-order valence-corrected chi connectivity index (χ3v) is 5.26. The summed E-state index contributed by atoms with van der Waals surface area (Å²) < 4.78 is 0. The maximum Gasteiger partial charge on any atom is 0.185 e. The van der Waals surface area contributed by atoms with E-state index in [1.165, 1.54) is 29.0 Å². The number of hydrogen-bond acceptors (Lipinski definition) is 5. The molecule has 19 heavy (non-hydrogen) atoms. The summed E-state index contributed by atoms with van der Waals surface area (Å²) in [5.41, 5.74) is 2.71. The van der Waals surface area contributed by atoms with Gasteiger partial charge in [0.05, 0.1) is 5.69 Å². The topological polar surface area (TPSA) is 28.2 Å². The molecule has 0 spiro atoms. The Bertz CT molecular complexity index is 529. The van der Waals surface area contributed by atoms with Gasteiger partial charge < -0.3 is 10.2 Å². The highest BCUT2D eigenvalue weighted by atomic mass is 32.1. The van der Waals surface area contributed by atoms with Gasteiger partial charge in [-0.3, -0.25) is 0 Å². The van der Waals surface area contributed by atoms with E-state index in [9.17, 15) is 0 Å². The molecule has 1 N–H and O–H groups in total. The molecule has 0 saturated heterocycles. The fraction of sp³-hybridized carbons (Fsp3) is 0.500. The van der Waals surface area contributed by atoms with E-state index in [2.05, 4.69) is 34.1 Å². The lowest BCUT2D eigenvalue weighted by Crippen LogP contribution is -2.15. The predicted molar refractivity (Wildman–Crippen MR) is 83.3 cm³/mol. The number of anilines is 1. The number of thiazole rings is 1. The fourth-order valence-electron chi connectivity index (χ4n) is 2.20. The van der Waals surface area contributed by atoms with Crippen LogP contribution in [-0.2, 0) is 13.1 Å². The minimum atomic E-state index is 0.725. The van der Waals surface area contributed by atoms with Gasteiger partial charge in [-0.05, 0) is 42.3 Å². The highest BCUT2D eigenvalue weighted by Crippen LogP contribution is 2.44. The minimum absolute atomic E-state index is 0.725. The van der Waals surface area contributed by atoms with Crippen LogP contribution in [0.3, 0.4) is 0 Å². The first kappa shape index (κ1) is 13.1. The number of nitrogens with one attached hydrogen (secondary N) is 1. The molecule has 3 rings (SSSR count). The van der Waals surface area contributed by atoms with E-state index in [-0.39, 0.29) is 0 Å². The van der Waals surface area contributed by atoms with Gasteiger partial charge in [0.15, 0.2) is 5.13 Å². The van der Waals surface area contributed by atoms with Gasteiger partial charge in [-0.25, -0.2) is 4.98 Å². The van der Waals surface area contributed by atoms with Crippen LogP contribution in [0.1, 0.15) is 34.9 Å². The fourth-order valence-corrected chi connectivity index (χ4v) is 3.98. The van der Waals surface area contributed by atoms with Crippen molar-refractivity contribution in [2.45, 2.75) is 31.8 Å². The summed E-state index contributed by atoms with van der Waals surface area (Å²) >= 11 is 3.59. The molecule has 3 nitrogen and oxygen atoms in total. The van der Waals surface area contributed by atoms with E-state index in [1.54, 1.807) is 11.3 Å². The average Bonchev–Trinajstić information content (AvgIpc) is 2.95. The maximum absolute atomic E-state index is 4.88. The maximum atomic E-state index is 4.88. The van der Waals surface area contributed by atoms with Crippen LogP contribution in [0.25, 0.3) is 0 Å². The Balaban J connectivity index is 1.77. The molecule has 2 heterocycles. The number of rotatable bonds is 6. The monoisotopic (exact) mass is 293 g/mol. The zero-order valence-corrected chi connectivity index (χ0v) is 13.0. The first-order chi connectivity index (χ1) is 9.28. The SMILES string of the molecule is CNCc1sc(N(C)Cc2ccsc2)nc1C1CC1. The quantitative estimate of drug-likeness (QED) is 0.884. The summed E-state index contributed by atoms with van der Waals surface area (Å²) in [6.45, 7) is 1.88. The van der Waals surface area contributed by atoms with Crippen LogP contribution in [0.4, 0.5) is 5.13 Å². The van der Waals surface area contributed by atoms with Crippen LogP contribution >= 0.6 is 22.7 Å². The summed E-state index contributed by atoms with van der Waals surface area (Å²) in [6.07, 6.45) is 2.63. The van der Waals surface area contributed by atoms with Gasteiger partial charge in [0.1, 0.15) is 0 Å². The van der Waals surface area contributed by atoms with Crippen molar-refractivity contribution in [2.24, 2.45) is 0 Å². The third-order valence-electron chi connectivity index (χ3n) is 3.34. The first-order valence-electron chi connectivity index (χ1n) is 6.64. The number of nitrogens with zero attached hydrogens (tertiary/aromatic N) is 2. The van der Waals surface area contributed by atoms with Crippen LogP contribution in [0.2, 0.25) is 0 Å². The Labute approximate surface area is 122 Å². The molecule has 0 radical (unpaired) electrons. The van der Waals surface area contributed by atoms with Crippen molar-refractivity contribution >= 4 is 27.8 Å². The summed E-state index contributed by atoms with van der Waals surface area (Å²) in [5, 5.41) is 8.75. The van der Waals surface area contributed by atoms with Crippen molar-refractivity contribution in [3.8, 4) is 0 Å². The van der Waals surface area contributed by atoms with Gasteiger partial charge >= 0.3 is 0 Å². The molecule has 2 aromatic rings. The molecule has 0 aliphatic heterocycles. The summed E-state index contributed by atoms with van der Waals surface area (Å²) in [7, 11) is 4.14. The molecule has 0 aromatic carbocycles. The van der Waals surface area contributed by atoms with E-state index >= 15 is 0 Å². The van der Waals surface area contributed by atoms with Crippen LogP contribution in [-0.4, -0.2) is 19.1 Å². The lowest BCUT2D eigenvalue weighted by atomic mass is 10.2. The first-order valence-corrected chi connectivity index (χ1v) is 8.40.